The molecule has 0 aliphatic carbocycles. The molecule has 0 atom stereocenters. The molecule has 3 rings (SSSR count). The van der Waals surface area contributed by atoms with Crippen LogP contribution in [0.2, 0.25) is 0 Å². The number of pyridine rings is 1. The van der Waals surface area contributed by atoms with Gasteiger partial charge in [0.05, 0.1) is 25.3 Å². The first-order chi connectivity index (χ1) is 16.5. The third kappa shape index (κ3) is 6.02. The number of alkyl halides is 1. The number of rotatable bonds is 10. The predicted octanol–water partition coefficient (Wildman–Crippen LogP) is 5.74. The van der Waals surface area contributed by atoms with Gasteiger partial charge in [-0.2, -0.15) is 23.2 Å². The number of anilines is 1. The Bertz CT molecular complexity index is 1170. The van der Waals surface area contributed by atoms with Gasteiger partial charge in [-0.05, 0) is 30.2 Å². The number of halogens is 1. The van der Waals surface area contributed by atoms with Crippen LogP contribution in [0, 0.1) is 22.7 Å². The van der Waals surface area contributed by atoms with Crippen LogP contribution in [0.5, 0.6) is 5.75 Å². The van der Waals surface area contributed by atoms with E-state index in [-0.39, 0.29) is 18.7 Å². The van der Waals surface area contributed by atoms with E-state index < -0.39 is 6.17 Å². The molecule has 1 saturated heterocycles. The highest BCUT2D eigenvalue weighted by Gasteiger charge is 2.32. The van der Waals surface area contributed by atoms with Crippen LogP contribution in [-0.2, 0) is 0 Å². The van der Waals surface area contributed by atoms with Crippen molar-refractivity contribution < 1.29 is 9.13 Å². The van der Waals surface area contributed by atoms with Gasteiger partial charge in [0, 0.05) is 17.1 Å². The van der Waals surface area contributed by atoms with Crippen molar-refractivity contribution in [2.24, 2.45) is 0 Å². The van der Waals surface area contributed by atoms with Crippen molar-refractivity contribution in [3.8, 4) is 29.0 Å². The van der Waals surface area contributed by atoms with E-state index in [2.05, 4.69) is 36.3 Å². The number of nitriles is 2. The number of hydrogen-bond donors (Lipinski definition) is 1. The summed E-state index contributed by atoms with van der Waals surface area (Å²) in [5.41, 5.74) is 2.64. The number of allylic oxidation sites excluding steroid dienone is 4. The van der Waals surface area contributed by atoms with E-state index in [4.69, 9.17) is 4.74 Å². The molecular formula is C26H25FN4OS2. The van der Waals surface area contributed by atoms with Gasteiger partial charge in [-0.1, -0.05) is 43.0 Å². The summed E-state index contributed by atoms with van der Waals surface area (Å²) in [4.78, 5) is 6.39. The Labute approximate surface area is 209 Å². The summed E-state index contributed by atoms with van der Waals surface area (Å²) in [5.74, 6) is 2.18. The summed E-state index contributed by atoms with van der Waals surface area (Å²) in [6.45, 7) is 6.81. The lowest BCUT2D eigenvalue weighted by molar-refractivity contribution is 0.273. The first-order valence-electron chi connectivity index (χ1n) is 10.7. The molecule has 0 bridgehead atoms. The van der Waals surface area contributed by atoms with Crippen molar-refractivity contribution in [1.29, 1.82) is 10.5 Å². The number of ether oxygens (including phenoxy) is 1. The highest BCUT2D eigenvalue weighted by atomic mass is 32.2. The highest BCUT2D eigenvalue weighted by Crippen LogP contribution is 2.39. The smallest absolute Gasteiger partial charge is 0.148 e. The molecule has 2 aromatic rings. The van der Waals surface area contributed by atoms with Crippen molar-refractivity contribution in [1.82, 2.24) is 4.98 Å². The largest absolute Gasteiger partial charge is 0.493 e. The van der Waals surface area contributed by atoms with Crippen molar-refractivity contribution in [2.75, 3.05) is 36.1 Å². The third-order valence-electron chi connectivity index (χ3n) is 5.04. The van der Waals surface area contributed by atoms with Gasteiger partial charge in [0.2, 0.25) is 0 Å². The second-order valence-electron chi connectivity index (χ2n) is 7.52. The number of nitrogens with zero attached hydrogens (tertiary/aromatic N) is 4. The molecule has 0 amide bonds. The van der Waals surface area contributed by atoms with Gasteiger partial charge < -0.3 is 9.64 Å². The minimum absolute atomic E-state index is 0.173. The van der Waals surface area contributed by atoms with Gasteiger partial charge >= 0.3 is 0 Å². The zero-order valence-corrected chi connectivity index (χ0v) is 20.6. The molecule has 8 heteroatoms. The Hall–Kier alpha value is -3.20. The van der Waals surface area contributed by atoms with Crippen LogP contribution in [0.25, 0.3) is 11.1 Å². The molecule has 0 unspecified atom stereocenters. The summed E-state index contributed by atoms with van der Waals surface area (Å²) in [6.07, 6.45) is 6.68. The summed E-state index contributed by atoms with van der Waals surface area (Å²) in [6, 6.07) is 11.7. The third-order valence-corrected chi connectivity index (χ3v) is 6.30. The first-order valence-corrected chi connectivity index (χ1v) is 12.3. The fraction of sp³-hybridized carbons (Fsp3) is 0.269. The van der Waals surface area contributed by atoms with E-state index in [1.165, 1.54) is 11.8 Å². The minimum atomic E-state index is -0.955. The first kappa shape index (κ1) is 25.4. The van der Waals surface area contributed by atoms with Crippen molar-refractivity contribution in [3.05, 3.63) is 71.8 Å². The van der Waals surface area contributed by atoms with Crippen LogP contribution in [-0.4, -0.2) is 42.4 Å². The van der Waals surface area contributed by atoms with Gasteiger partial charge in [-0.15, -0.1) is 11.8 Å². The van der Waals surface area contributed by atoms with E-state index in [0.717, 1.165) is 5.57 Å². The SMILES string of the molecule is C=C(/C=C\C=C/C)CSc1nc(N2CC(F)C2)c(C#N)c(-c2ccc(OCCS)cc2)c1C#N. The molecule has 1 aromatic heterocycles. The Morgan fingerprint density at radius 3 is 2.56 bits per heavy atom. The molecular weight excluding hydrogens is 467 g/mol. The Morgan fingerprint density at radius 2 is 1.97 bits per heavy atom. The maximum Gasteiger partial charge on any atom is 0.148 e. The van der Waals surface area contributed by atoms with Crippen LogP contribution in [0.1, 0.15) is 18.1 Å². The van der Waals surface area contributed by atoms with E-state index >= 15 is 0 Å². The van der Waals surface area contributed by atoms with Gasteiger partial charge in [0.1, 0.15) is 40.5 Å². The van der Waals surface area contributed by atoms with Crippen LogP contribution in [0.4, 0.5) is 10.2 Å². The second kappa shape index (κ2) is 12.3. The fourth-order valence-electron chi connectivity index (χ4n) is 3.37. The average Bonchev–Trinajstić information content (AvgIpc) is 2.83. The zero-order chi connectivity index (χ0) is 24.5. The van der Waals surface area contributed by atoms with E-state index in [0.29, 0.717) is 51.4 Å². The van der Waals surface area contributed by atoms with Gasteiger partial charge in [0.25, 0.3) is 0 Å². The topological polar surface area (TPSA) is 72.9 Å². The quantitative estimate of drug-likeness (QED) is 0.259. The molecule has 174 valence electrons. The summed E-state index contributed by atoms with van der Waals surface area (Å²) < 4.78 is 19.2. The van der Waals surface area contributed by atoms with E-state index in [1.807, 2.05) is 43.4 Å². The average molecular weight is 493 g/mol. The van der Waals surface area contributed by atoms with Crippen molar-refractivity contribution in [3.63, 3.8) is 0 Å². The van der Waals surface area contributed by atoms with Gasteiger partial charge in [0.15, 0.2) is 0 Å². The normalized spacial score (nSPS) is 13.6. The molecule has 1 aliphatic rings. The number of aromatic nitrogens is 1. The van der Waals surface area contributed by atoms with Crippen molar-refractivity contribution >= 4 is 30.2 Å². The molecule has 34 heavy (non-hydrogen) atoms. The zero-order valence-electron chi connectivity index (χ0n) is 18.9. The second-order valence-corrected chi connectivity index (χ2v) is 8.93. The lowest BCUT2D eigenvalue weighted by atomic mass is 9.95. The molecule has 5 nitrogen and oxygen atoms in total. The molecule has 1 aromatic carbocycles. The monoisotopic (exact) mass is 492 g/mol. The molecule has 0 N–H and O–H groups in total. The number of hydrogen-bond acceptors (Lipinski definition) is 7. The standard InChI is InChI=1S/C26H25FN4OS2/c1-3-4-5-6-18(2)17-34-26-23(14-29)24(19-7-9-21(10-8-19)32-11-12-33)22(13-28)25(30-26)31-15-20(27)16-31/h3-10,20,33H,2,11-12,15-17H2,1H3/b4-3-,6-5-. The molecule has 0 spiro atoms. The predicted molar refractivity (Wildman–Crippen MR) is 139 cm³/mol. The molecule has 0 saturated carbocycles. The Balaban J connectivity index is 2.06. The maximum atomic E-state index is 13.7. The van der Waals surface area contributed by atoms with Gasteiger partial charge in [-0.25, -0.2) is 9.37 Å². The minimum Gasteiger partial charge on any atom is -0.493 e. The van der Waals surface area contributed by atoms with Crippen LogP contribution in [0.3, 0.4) is 0 Å². The number of thioether (sulfide) groups is 1. The lowest BCUT2D eigenvalue weighted by Crippen LogP contribution is -2.49. The number of thiol groups is 1. The molecule has 2 heterocycles. The lowest BCUT2D eigenvalue weighted by Gasteiger charge is -2.36. The van der Waals surface area contributed by atoms with Crippen LogP contribution < -0.4 is 9.64 Å². The Morgan fingerprint density at radius 1 is 1.26 bits per heavy atom. The number of benzene rings is 1. The van der Waals surface area contributed by atoms with Gasteiger partial charge in [-0.3, -0.25) is 0 Å². The highest BCUT2D eigenvalue weighted by molar-refractivity contribution is 7.99. The maximum absolute atomic E-state index is 13.7. The summed E-state index contributed by atoms with van der Waals surface area (Å²) >= 11 is 5.53. The summed E-state index contributed by atoms with van der Waals surface area (Å²) in [5, 5.41) is 20.6. The van der Waals surface area contributed by atoms with E-state index in [9.17, 15) is 14.9 Å². The van der Waals surface area contributed by atoms with Crippen LogP contribution >= 0.6 is 24.4 Å². The molecule has 1 aliphatic heterocycles. The summed E-state index contributed by atoms with van der Waals surface area (Å²) in [7, 11) is 0. The van der Waals surface area contributed by atoms with Crippen molar-refractivity contribution in [2.45, 2.75) is 18.1 Å². The Kier molecular flexibility index (Phi) is 9.21. The fourth-order valence-corrected chi connectivity index (χ4v) is 4.33. The molecule has 0 radical (unpaired) electrons. The van der Waals surface area contributed by atoms with E-state index in [1.54, 1.807) is 17.0 Å². The molecule has 1 fully saturated rings. The van der Waals surface area contributed by atoms with Crippen LogP contribution in [0.15, 0.2) is 65.7 Å².